The molecule has 0 fully saturated rings. The van der Waals surface area contributed by atoms with E-state index in [1.165, 1.54) is 13.2 Å². The number of phenols is 1. The number of benzene rings is 3. The number of nitrogens with zero attached hydrogens (tertiary/aromatic N) is 1. The molecule has 3 aromatic rings. The van der Waals surface area contributed by atoms with Gasteiger partial charge in [-0.05, 0) is 67.9 Å². The maximum atomic E-state index is 13.6. The number of phenolic OH excluding ortho intramolecular Hbond substituents is 1. The predicted molar refractivity (Wildman–Crippen MR) is 160 cm³/mol. The quantitative estimate of drug-likeness (QED) is 0.251. The summed E-state index contributed by atoms with van der Waals surface area (Å²) in [4.78, 5) is 26.4. The summed E-state index contributed by atoms with van der Waals surface area (Å²) in [5.74, 6) is -0.555. The van der Waals surface area contributed by atoms with Gasteiger partial charge in [-0.25, -0.2) is 0 Å². The molecule has 0 bridgehead atoms. The van der Waals surface area contributed by atoms with E-state index in [0.29, 0.717) is 45.6 Å². The number of anilines is 2. The number of para-hydroxylation sites is 1. The number of carbonyl (C=O) groups is 2. The van der Waals surface area contributed by atoms with Crippen LogP contribution in [0.25, 0.3) is 0 Å². The third kappa shape index (κ3) is 7.01. The van der Waals surface area contributed by atoms with Crippen LogP contribution in [0.4, 0.5) is 11.4 Å². The van der Waals surface area contributed by atoms with Gasteiger partial charge in [0.2, 0.25) is 5.91 Å². The Bertz CT molecular complexity index is 1530. The molecule has 3 aromatic carbocycles. The number of amides is 2. The number of hydrogen-bond acceptors (Lipinski definition) is 8. The molecule has 0 radical (unpaired) electrons. The van der Waals surface area contributed by atoms with Gasteiger partial charge in [-0.1, -0.05) is 36.0 Å². The summed E-state index contributed by atoms with van der Waals surface area (Å²) in [5.41, 5.74) is 2.93. The molecule has 1 heterocycles. The van der Waals surface area contributed by atoms with E-state index in [1.807, 2.05) is 25.1 Å². The van der Waals surface area contributed by atoms with Crippen molar-refractivity contribution < 1.29 is 24.2 Å². The van der Waals surface area contributed by atoms with E-state index in [9.17, 15) is 20.0 Å². The Hall–Kier alpha value is -4.88. The molecule has 1 aliphatic heterocycles. The van der Waals surface area contributed by atoms with Crippen LogP contribution in [-0.2, 0) is 9.59 Å². The van der Waals surface area contributed by atoms with Crippen LogP contribution in [0.2, 0.25) is 0 Å². The lowest BCUT2D eigenvalue weighted by atomic mass is 9.82. The molecule has 0 aromatic heterocycles. The normalized spacial score (nSPS) is 14.5. The van der Waals surface area contributed by atoms with Crippen LogP contribution in [-0.4, -0.2) is 36.4 Å². The Morgan fingerprint density at radius 2 is 1.76 bits per heavy atom. The Labute approximate surface area is 242 Å². The van der Waals surface area contributed by atoms with Crippen LogP contribution in [0.1, 0.15) is 25.3 Å². The molecule has 0 aliphatic carbocycles. The first-order chi connectivity index (χ1) is 19.8. The number of hydrogen-bond donors (Lipinski definition) is 4. The maximum absolute atomic E-state index is 13.6. The monoisotopic (exact) mass is 570 g/mol. The van der Waals surface area contributed by atoms with Crippen molar-refractivity contribution in [3.05, 3.63) is 100 Å². The minimum absolute atomic E-state index is 0.0190. The number of allylic oxidation sites excluding steroid dienone is 2. The third-order valence-electron chi connectivity index (χ3n) is 6.26. The minimum Gasteiger partial charge on any atom is -0.504 e. The molecule has 0 saturated carbocycles. The van der Waals surface area contributed by atoms with Gasteiger partial charge < -0.3 is 30.5 Å². The molecule has 0 unspecified atom stereocenters. The highest BCUT2D eigenvalue weighted by Gasteiger charge is 2.35. The molecule has 0 spiro atoms. The van der Waals surface area contributed by atoms with Gasteiger partial charge in [0.25, 0.3) is 5.91 Å². The van der Waals surface area contributed by atoms with Crippen LogP contribution in [0.3, 0.4) is 0 Å². The lowest BCUT2D eigenvalue weighted by Gasteiger charge is -2.30. The van der Waals surface area contributed by atoms with Gasteiger partial charge in [-0.3, -0.25) is 9.59 Å². The van der Waals surface area contributed by atoms with Gasteiger partial charge in [0.15, 0.2) is 11.5 Å². The Morgan fingerprint density at radius 1 is 1.05 bits per heavy atom. The van der Waals surface area contributed by atoms with E-state index in [4.69, 9.17) is 9.47 Å². The Morgan fingerprint density at radius 3 is 2.41 bits per heavy atom. The zero-order chi connectivity index (χ0) is 29.4. The maximum Gasteiger partial charge on any atom is 0.254 e. The summed E-state index contributed by atoms with van der Waals surface area (Å²) in [6.07, 6.45) is 0. The highest BCUT2D eigenvalue weighted by molar-refractivity contribution is 8.03. The number of methoxy groups -OCH3 is 1. The second-order valence-corrected chi connectivity index (χ2v) is 9.98. The topological polar surface area (TPSA) is 133 Å². The molecule has 0 saturated heterocycles. The van der Waals surface area contributed by atoms with Gasteiger partial charge in [0.05, 0.1) is 42.1 Å². The predicted octanol–water partition coefficient (Wildman–Crippen LogP) is 5.51. The molecule has 4 rings (SSSR count). The fourth-order valence-electron chi connectivity index (χ4n) is 4.39. The average molecular weight is 571 g/mol. The SMILES string of the molecule is CCOc1ccc(NC(=O)CSC2=C(C#N)[C@@H](c3ccc(O)c(OC)c3)C(C(=O)Nc3ccccc3)=C(C)N2)cc1. The second kappa shape index (κ2) is 13.5. The van der Waals surface area contributed by atoms with Gasteiger partial charge in [-0.15, -0.1) is 0 Å². The van der Waals surface area contributed by atoms with Crippen molar-refractivity contribution in [3.63, 3.8) is 0 Å². The van der Waals surface area contributed by atoms with Crippen molar-refractivity contribution in [2.24, 2.45) is 0 Å². The smallest absolute Gasteiger partial charge is 0.254 e. The fourth-order valence-corrected chi connectivity index (χ4v) is 5.28. The standard InChI is InChI=1S/C31H30N4O5S/c1-4-40-23-13-11-22(12-14-23)34-27(37)18-41-31-24(17-32)29(20-10-15-25(36)26(16-20)39-3)28(19(2)33-31)30(38)35-21-8-6-5-7-9-21/h5-16,29,33,36H,4,18H2,1-3H3,(H,34,37)(H,35,38)/t29-/m1/s1. The van der Waals surface area contributed by atoms with Gasteiger partial charge >= 0.3 is 0 Å². The van der Waals surface area contributed by atoms with E-state index in [1.54, 1.807) is 55.5 Å². The second-order valence-electron chi connectivity index (χ2n) is 9.00. The highest BCUT2D eigenvalue weighted by atomic mass is 32.2. The number of nitriles is 1. The van der Waals surface area contributed by atoms with Gasteiger partial charge in [0, 0.05) is 22.6 Å². The zero-order valence-corrected chi connectivity index (χ0v) is 23.7. The summed E-state index contributed by atoms with van der Waals surface area (Å²) in [7, 11) is 1.43. The first kappa shape index (κ1) is 29.1. The molecule has 41 heavy (non-hydrogen) atoms. The van der Waals surface area contributed by atoms with Crippen LogP contribution >= 0.6 is 11.8 Å². The first-order valence-corrected chi connectivity index (χ1v) is 13.8. The molecule has 210 valence electrons. The van der Waals surface area contributed by atoms with Crippen molar-refractivity contribution in [3.8, 4) is 23.3 Å². The largest absolute Gasteiger partial charge is 0.504 e. The van der Waals surface area contributed by atoms with Gasteiger partial charge in [-0.2, -0.15) is 5.26 Å². The molecular formula is C31H30N4O5S. The Kier molecular flexibility index (Phi) is 9.55. The van der Waals surface area contributed by atoms with E-state index >= 15 is 0 Å². The zero-order valence-electron chi connectivity index (χ0n) is 22.9. The van der Waals surface area contributed by atoms with E-state index < -0.39 is 5.92 Å². The number of carbonyl (C=O) groups excluding carboxylic acids is 2. The van der Waals surface area contributed by atoms with E-state index in [-0.39, 0.29) is 34.6 Å². The number of rotatable bonds is 10. The fraction of sp³-hybridized carbons (Fsp3) is 0.194. The highest BCUT2D eigenvalue weighted by Crippen LogP contribution is 2.43. The molecular weight excluding hydrogens is 540 g/mol. The summed E-state index contributed by atoms with van der Waals surface area (Å²) >= 11 is 1.16. The third-order valence-corrected chi connectivity index (χ3v) is 7.27. The number of ether oxygens (including phenoxy) is 2. The van der Waals surface area contributed by atoms with Crippen LogP contribution in [0.5, 0.6) is 17.2 Å². The number of dihydropyridines is 1. The van der Waals surface area contributed by atoms with E-state index in [2.05, 4.69) is 22.0 Å². The molecule has 9 nitrogen and oxygen atoms in total. The lowest BCUT2D eigenvalue weighted by Crippen LogP contribution is -2.31. The molecule has 4 N–H and O–H groups in total. The molecule has 1 aliphatic rings. The lowest BCUT2D eigenvalue weighted by molar-refractivity contribution is -0.114. The van der Waals surface area contributed by atoms with Crippen LogP contribution in [0, 0.1) is 11.3 Å². The number of thioether (sulfide) groups is 1. The average Bonchev–Trinajstić information content (AvgIpc) is 2.97. The minimum atomic E-state index is -0.781. The summed E-state index contributed by atoms with van der Waals surface area (Å²) < 4.78 is 10.7. The van der Waals surface area contributed by atoms with Crippen molar-refractivity contribution in [2.45, 2.75) is 19.8 Å². The Balaban J connectivity index is 1.62. The molecule has 10 heteroatoms. The van der Waals surface area contributed by atoms with Crippen LogP contribution in [0.15, 0.2) is 94.7 Å². The number of nitrogens with one attached hydrogen (secondary N) is 3. The van der Waals surface area contributed by atoms with Crippen molar-refractivity contribution in [1.82, 2.24) is 5.32 Å². The summed E-state index contributed by atoms with van der Waals surface area (Å²) in [5, 5.41) is 29.9. The summed E-state index contributed by atoms with van der Waals surface area (Å²) in [6.45, 7) is 4.20. The number of aromatic hydroxyl groups is 1. The van der Waals surface area contributed by atoms with Gasteiger partial charge in [0.1, 0.15) is 5.75 Å². The van der Waals surface area contributed by atoms with Crippen LogP contribution < -0.4 is 25.4 Å². The summed E-state index contributed by atoms with van der Waals surface area (Å²) in [6, 6.07) is 23.0. The molecule has 2 amide bonds. The molecule has 1 atom stereocenters. The first-order valence-electron chi connectivity index (χ1n) is 12.9. The van der Waals surface area contributed by atoms with Crippen molar-refractivity contribution in [2.75, 3.05) is 30.1 Å². The van der Waals surface area contributed by atoms with Crippen molar-refractivity contribution >= 4 is 35.0 Å². The van der Waals surface area contributed by atoms with E-state index in [0.717, 1.165) is 11.8 Å². The van der Waals surface area contributed by atoms with Crippen molar-refractivity contribution in [1.29, 1.82) is 5.26 Å².